The highest BCUT2D eigenvalue weighted by Crippen LogP contribution is 2.56. The van der Waals surface area contributed by atoms with Crippen molar-refractivity contribution in [2.45, 2.75) is 38.0 Å². The van der Waals surface area contributed by atoms with Gasteiger partial charge in [0.25, 0.3) is 0 Å². The van der Waals surface area contributed by atoms with E-state index in [1.807, 2.05) is 0 Å². The molecule has 0 spiro atoms. The maximum absolute atomic E-state index is 14.1. The highest BCUT2D eigenvalue weighted by atomic mass is 35.5. The molecular formula is C20H24Cl3N2O4P. The lowest BCUT2D eigenvalue weighted by molar-refractivity contribution is -0.134. The summed E-state index contributed by atoms with van der Waals surface area (Å²) in [6, 6.07) is 12.3. The fraction of sp³-hybridized carbons (Fsp3) is 0.350. The Morgan fingerprint density at radius 2 is 1.50 bits per heavy atom. The summed E-state index contributed by atoms with van der Waals surface area (Å²) >= 11 is 11.9. The van der Waals surface area contributed by atoms with Crippen LogP contribution in [0.25, 0.3) is 0 Å². The Morgan fingerprint density at radius 3 is 1.93 bits per heavy atom. The second-order valence-corrected chi connectivity index (χ2v) is 9.84. The highest BCUT2D eigenvalue weighted by molar-refractivity contribution is 7.55. The van der Waals surface area contributed by atoms with Crippen molar-refractivity contribution >= 4 is 49.1 Å². The van der Waals surface area contributed by atoms with Gasteiger partial charge in [-0.1, -0.05) is 23.2 Å². The van der Waals surface area contributed by atoms with Gasteiger partial charge in [-0.25, -0.2) is 4.57 Å². The van der Waals surface area contributed by atoms with Crippen molar-refractivity contribution in [1.29, 1.82) is 0 Å². The Labute approximate surface area is 192 Å². The molecule has 1 fully saturated rings. The highest BCUT2D eigenvalue weighted by Gasteiger charge is 2.46. The predicted octanol–water partition coefficient (Wildman–Crippen LogP) is 5.75. The number of nitrogens with zero attached hydrogens (tertiary/aromatic N) is 1. The molecule has 164 valence electrons. The normalized spacial score (nSPS) is 17.6. The van der Waals surface area contributed by atoms with Crippen LogP contribution in [-0.2, 0) is 9.36 Å². The van der Waals surface area contributed by atoms with Crippen LogP contribution >= 0.6 is 43.2 Å². The molecule has 6 nitrogen and oxygen atoms in total. The molecule has 2 aromatic carbocycles. The molecule has 1 amide bonds. The fourth-order valence-corrected chi connectivity index (χ4v) is 5.62. The van der Waals surface area contributed by atoms with Crippen molar-refractivity contribution in [3.63, 3.8) is 0 Å². The van der Waals surface area contributed by atoms with Gasteiger partial charge in [-0.2, -0.15) is 0 Å². The van der Waals surface area contributed by atoms with Gasteiger partial charge < -0.3 is 19.7 Å². The number of carbonyl (C=O) groups excluding carboxylic acids is 1. The smallest absolute Gasteiger partial charge is 0.415 e. The van der Waals surface area contributed by atoms with Crippen LogP contribution in [-0.4, -0.2) is 29.2 Å². The summed E-state index contributed by atoms with van der Waals surface area (Å²) in [5.41, 5.74) is 5.82. The lowest BCUT2D eigenvalue weighted by atomic mass is 10.1. The quantitative estimate of drug-likeness (QED) is 0.518. The maximum Gasteiger partial charge on any atom is 0.453 e. The molecule has 3 rings (SSSR count). The number of piperidine rings is 1. The number of rotatable bonds is 6. The van der Waals surface area contributed by atoms with E-state index in [0.29, 0.717) is 34.5 Å². The Hall–Kier alpha value is -1.43. The van der Waals surface area contributed by atoms with Gasteiger partial charge in [0.05, 0.1) is 6.04 Å². The Bertz CT molecular complexity index is 842. The maximum atomic E-state index is 14.1. The third-order valence-corrected chi connectivity index (χ3v) is 7.30. The van der Waals surface area contributed by atoms with Crippen LogP contribution in [0.3, 0.4) is 0 Å². The molecule has 1 saturated heterocycles. The summed E-state index contributed by atoms with van der Waals surface area (Å²) in [6.45, 7) is 2.06. The third-order valence-electron chi connectivity index (χ3n) is 4.60. The molecule has 10 heteroatoms. The van der Waals surface area contributed by atoms with Gasteiger partial charge in [0.2, 0.25) is 5.91 Å². The van der Waals surface area contributed by atoms with Gasteiger partial charge in [0, 0.05) is 16.6 Å². The van der Waals surface area contributed by atoms with E-state index in [2.05, 4.69) is 0 Å². The van der Waals surface area contributed by atoms with E-state index in [-0.39, 0.29) is 18.3 Å². The van der Waals surface area contributed by atoms with Crippen LogP contribution in [0.5, 0.6) is 11.5 Å². The molecular weight excluding hydrogens is 470 g/mol. The lowest BCUT2D eigenvalue weighted by Crippen LogP contribution is -2.50. The lowest BCUT2D eigenvalue weighted by Gasteiger charge is -2.39. The first kappa shape index (κ1) is 24.8. The molecule has 2 N–H and O–H groups in total. The van der Waals surface area contributed by atoms with E-state index in [1.165, 1.54) is 4.90 Å². The van der Waals surface area contributed by atoms with Gasteiger partial charge in [-0.15, -0.1) is 12.4 Å². The van der Waals surface area contributed by atoms with E-state index in [0.717, 1.165) is 12.8 Å². The summed E-state index contributed by atoms with van der Waals surface area (Å²) in [5.74, 6) is -0.355. The van der Waals surface area contributed by atoms with E-state index in [4.69, 9.17) is 38.0 Å². The van der Waals surface area contributed by atoms with Crippen LogP contribution in [0.4, 0.5) is 0 Å². The molecule has 0 aliphatic carbocycles. The number of benzene rings is 2. The number of nitrogens with two attached hydrogens (primary N) is 1. The molecule has 1 unspecified atom stereocenters. The first-order valence-electron chi connectivity index (χ1n) is 9.34. The van der Waals surface area contributed by atoms with Gasteiger partial charge in [-0.05, 0) is 74.7 Å². The first-order valence-corrected chi connectivity index (χ1v) is 11.7. The minimum absolute atomic E-state index is 0. The van der Waals surface area contributed by atoms with Crippen LogP contribution in [0.2, 0.25) is 10.0 Å². The Balaban J connectivity index is 0.00000320. The second-order valence-electron chi connectivity index (χ2n) is 6.93. The molecule has 30 heavy (non-hydrogen) atoms. The zero-order chi connectivity index (χ0) is 21.0. The van der Waals surface area contributed by atoms with Crippen LogP contribution in [0, 0.1) is 0 Å². The molecule has 0 aromatic heterocycles. The van der Waals surface area contributed by atoms with Crippen LogP contribution < -0.4 is 14.8 Å². The zero-order valence-corrected chi connectivity index (χ0v) is 19.6. The van der Waals surface area contributed by atoms with Crippen molar-refractivity contribution in [1.82, 2.24) is 4.90 Å². The van der Waals surface area contributed by atoms with Gasteiger partial charge in [0.1, 0.15) is 11.5 Å². The van der Waals surface area contributed by atoms with Crippen LogP contribution in [0.1, 0.15) is 26.2 Å². The van der Waals surface area contributed by atoms with E-state index in [1.54, 1.807) is 55.5 Å². The number of likely N-dealkylation sites (tertiary alicyclic amines) is 1. The Kier molecular flexibility index (Phi) is 8.89. The largest absolute Gasteiger partial charge is 0.453 e. The molecule has 0 bridgehead atoms. The number of carbonyl (C=O) groups is 1. The van der Waals surface area contributed by atoms with Gasteiger partial charge in [-0.3, -0.25) is 4.79 Å². The van der Waals surface area contributed by atoms with Crippen LogP contribution in [0.15, 0.2) is 48.5 Å². The number of hydrogen-bond donors (Lipinski definition) is 1. The van der Waals surface area contributed by atoms with Crippen molar-refractivity contribution in [3.05, 3.63) is 58.6 Å². The van der Waals surface area contributed by atoms with Crippen molar-refractivity contribution < 1.29 is 18.4 Å². The standard InChI is InChI=1S/C20H23Cl2N2O4P.ClH/c1-14(23)20(25)24-13-3-2-4-19(24)29(26,27-17-9-5-15(21)6-10-17)28-18-11-7-16(22)8-12-18;/h5-12,14,19H,2-4,13,23H2,1H3;1H/t14-,19?;/m0./s1. The summed E-state index contributed by atoms with van der Waals surface area (Å²) in [4.78, 5) is 14.2. The summed E-state index contributed by atoms with van der Waals surface area (Å²) in [5, 5.41) is 1.05. The summed E-state index contributed by atoms with van der Waals surface area (Å²) < 4.78 is 25.9. The molecule has 1 aliphatic heterocycles. The monoisotopic (exact) mass is 492 g/mol. The minimum Gasteiger partial charge on any atom is -0.415 e. The number of hydrogen-bond acceptors (Lipinski definition) is 5. The van der Waals surface area contributed by atoms with Gasteiger partial charge in [0.15, 0.2) is 5.78 Å². The summed E-state index contributed by atoms with van der Waals surface area (Å²) in [6.07, 6.45) is 2.08. The minimum atomic E-state index is -3.86. The average Bonchev–Trinajstić information content (AvgIpc) is 2.71. The third kappa shape index (κ3) is 6.05. The van der Waals surface area contributed by atoms with Crippen molar-refractivity contribution in [2.75, 3.05) is 6.54 Å². The SMILES string of the molecule is C[C@H](N)C(=O)N1CCCCC1P(=O)(Oc1ccc(Cl)cc1)Oc1ccc(Cl)cc1.Cl. The molecule has 2 atom stereocenters. The second kappa shape index (κ2) is 10.7. The molecule has 0 radical (unpaired) electrons. The molecule has 0 saturated carbocycles. The number of amides is 1. The predicted molar refractivity (Wildman–Crippen MR) is 122 cm³/mol. The molecule has 2 aromatic rings. The molecule has 1 heterocycles. The zero-order valence-electron chi connectivity index (χ0n) is 16.4. The topological polar surface area (TPSA) is 81.9 Å². The van der Waals surface area contributed by atoms with E-state index >= 15 is 0 Å². The Morgan fingerprint density at radius 1 is 1.03 bits per heavy atom. The summed E-state index contributed by atoms with van der Waals surface area (Å²) in [7, 11) is -3.86. The van der Waals surface area contributed by atoms with Crippen molar-refractivity contribution in [3.8, 4) is 11.5 Å². The van der Waals surface area contributed by atoms with Gasteiger partial charge >= 0.3 is 7.60 Å². The van der Waals surface area contributed by atoms with E-state index in [9.17, 15) is 9.36 Å². The number of halogens is 3. The van der Waals surface area contributed by atoms with E-state index < -0.39 is 19.4 Å². The average molecular weight is 494 g/mol. The fourth-order valence-electron chi connectivity index (χ4n) is 3.19. The van der Waals surface area contributed by atoms with Crippen molar-refractivity contribution in [2.24, 2.45) is 5.73 Å². The molecule has 1 aliphatic rings. The first-order chi connectivity index (χ1) is 13.8.